The molecule has 0 fully saturated rings. The van der Waals surface area contributed by atoms with Gasteiger partial charge in [0.05, 0.1) is 6.54 Å². The van der Waals surface area contributed by atoms with E-state index >= 15 is 0 Å². The maximum Gasteiger partial charge on any atom is 0.267 e. The smallest absolute Gasteiger partial charge is 0.267 e. The van der Waals surface area contributed by atoms with Gasteiger partial charge in [-0.1, -0.05) is 41.9 Å². The summed E-state index contributed by atoms with van der Waals surface area (Å²) in [4.78, 5) is 31.2. The predicted molar refractivity (Wildman–Crippen MR) is 112 cm³/mol. The molecule has 1 N–H and O–H groups in total. The van der Waals surface area contributed by atoms with Crippen LogP contribution < -0.4 is 10.9 Å². The molecular weight excluding hydrogens is 412 g/mol. The largest absolute Gasteiger partial charge is 0.349 e. The Labute approximate surface area is 174 Å². The normalized spacial score (nSPS) is 12.2. The van der Waals surface area contributed by atoms with Gasteiger partial charge >= 0.3 is 0 Å². The molecular formula is C20H17ClN4O3S. The van der Waals surface area contributed by atoms with Gasteiger partial charge in [0.1, 0.15) is 23.4 Å². The Bertz CT molecular complexity index is 1200. The molecule has 0 saturated carbocycles. The summed E-state index contributed by atoms with van der Waals surface area (Å²) in [6.07, 6.45) is 1.77. The number of fused-ring (bicyclic) bond motifs is 1. The number of benzene rings is 1. The number of thiophene rings is 1. The van der Waals surface area contributed by atoms with Crippen molar-refractivity contribution in [2.24, 2.45) is 0 Å². The molecule has 0 radical (unpaired) electrons. The highest BCUT2D eigenvalue weighted by Crippen LogP contribution is 2.26. The Hall–Kier alpha value is -2.97. The van der Waals surface area contributed by atoms with Gasteiger partial charge in [0, 0.05) is 15.5 Å². The standard InChI is InChI=1S/C20H17ClN4O3S/c1-2-15(18(26)22-10-14-4-3-9-29-14)25-11-23-19-16(20(25)27)17(24-28-19)12-5-7-13(21)8-6-12/h3-9,11,15H,2,10H2,1H3,(H,22,26)/t15-/m1/s1. The van der Waals surface area contributed by atoms with Crippen LogP contribution in [-0.4, -0.2) is 20.6 Å². The van der Waals surface area contributed by atoms with Crippen LogP contribution >= 0.6 is 22.9 Å². The number of amides is 1. The zero-order valence-corrected chi connectivity index (χ0v) is 17.0. The average molecular weight is 429 g/mol. The minimum atomic E-state index is -0.688. The Morgan fingerprint density at radius 2 is 2.10 bits per heavy atom. The van der Waals surface area contributed by atoms with E-state index in [9.17, 15) is 9.59 Å². The molecule has 4 aromatic rings. The zero-order chi connectivity index (χ0) is 20.4. The number of hydrogen-bond acceptors (Lipinski definition) is 6. The van der Waals surface area contributed by atoms with Crippen molar-refractivity contribution >= 4 is 39.9 Å². The fourth-order valence-corrected chi connectivity index (χ4v) is 3.87. The third-order valence-corrected chi connectivity index (χ3v) is 5.71. The number of rotatable bonds is 6. The Morgan fingerprint density at radius 3 is 2.79 bits per heavy atom. The minimum absolute atomic E-state index is 0.130. The lowest BCUT2D eigenvalue weighted by molar-refractivity contribution is -0.124. The fraction of sp³-hybridized carbons (Fsp3) is 0.200. The summed E-state index contributed by atoms with van der Waals surface area (Å²) < 4.78 is 6.57. The summed E-state index contributed by atoms with van der Waals surface area (Å²) in [5.74, 6) is -0.242. The van der Waals surface area contributed by atoms with Gasteiger partial charge in [0.25, 0.3) is 11.3 Å². The molecule has 0 unspecified atom stereocenters. The van der Waals surface area contributed by atoms with Crippen LogP contribution in [0.15, 0.2) is 57.4 Å². The van der Waals surface area contributed by atoms with Crippen LogP contribution in [0.4, 0.5) is 0 Å². The third kappa shape index (κ3) is 3.81. The quantitative estimate of drug-likeness (QED) is 0.500. The van der Waals surface area contributed by atoms with Gasteiger partial charge in [0.2, 0.25) is 5.91 Å². The van der Waals surface area contributed by atoms with Crippen LogP contribution in [0.25, 0.3) is 22.4 Å². The topological polar surface area (TPSA) is 90.0 Å². The van der Waals surface area contributed by atoms with Gasteiger partial charge in [-0.05, 0) is 30.0 Å². The van der Waals surface area contributed by atoms with Crippen molar-refractivity contribution in [3.05, 3.63) is 68.4 Å². The average Bonchev–Trinajstić information content (AvgIpc) is 3.39. The first-order valence-electron chi connectivity index (χ1n) is 9.01. The lowest BCUT2D eigenvalue weighted by atomic mass is 10.1. The molecule has 0 aliphatic carbocycles. The van der Waals surface area contributed by atoms with Crippen LogP contribution in [0.1, 0.15) is 24.3 Å². The van der Waals surface area contributed by atoms with Gasteiger partial charge in [-0.15, -0.1) is 11.3 Å². The van der Waals surface area contributed by atoms with E-state index < -0.39 is 6.04 Å². The SMILES string of the molecule is CC[C@H](C(=O)NCc1cccs1)n1cnc2onc(-c3ccc(Cl)cc3)c2c1=O. The molecule has 0 spiro atoms. The number of aromatic nitrogens is 3. The number of hydrogen-bond donors (Lipinski definition) is 1. The van der Waals surface area contributed by atoms with E-state index in [2.05, 4.69) is 15.5 Å². The molecule has 0 saturated heterocycles. The number of halogens is 1. The van der Waals surface area contributed by atoms with Crippen molar-refractivity contribution in [1.29, 1.82) is 0 Å². The lowest BCUT2D eigenvalue weighted by Crippen LogP contribution is -2.36. The minimum Gasteiger partial charge on any atom is -0.349 e. The van der Waals surface area contributed by atoms with Gasteiger partial charge in [-0.3, -0.25) is 14.2 Å². The predicted octanol–water partition coefficient (Wildman–Crippen LogP) is 4.03. The summed E-state index contributed by atoms with van der Waals surface area (Å²) in [6, 6.07) is 10.1. The van der Waals surface area contributed by atoms with E-state index in [1.807, 2.05) is 24.4 Å². The highest BCUT2D eigenvalue weighted by Gasteiger charge is 2.24. The summed E-state index contributed by atoms with van der Waals surface area (Å²) >= 11 is 7.51. The van der Waals surface area contributed by atoms with E-state index in [0.29, 0.717) is 29.2 Å². The molecule has 29 heavy (non-hydrogen) atoms. The molecule has 0 bridgehead atoms. The maximum absolute atomic E-state index is 13.2. The number of nitrogens with zero attached hydrogens (tertiary/aromatic N) is 3. The van der Waals surface area contributed by atoms with E-state index in [-0.39, 0.29) is 22.6 Å². The molecule has 3 heterocycles. The number of carbonyl (C=O) groups excluding carboxylic acids is 1. The Kier molecular flexibility index (Phi) is 5.46. The summed E-state index contributed by atoms with van der Waals surface area (Å²) in [7, 11) is 0. The molecule has 9 heteroatoms. The van der Waals surface area contributed by atoms with Crippen LogP contribution in [-0.2, 0) is 11.3 Å². The van der Waals surface area contributed by atoms with Crippen molar-refractivity contribution in [2.45, 2.75) is 25.9 Å². The first-order valence-corrected chi connectivity index (χ1v) is 10.3. The second-order valence-electron chi connectivity index (χ2n) is 6.40. The second kappa shape index (κ2) is 8.18. The first-order chi connectivity index (χ1) is 14.1. The van der Waals surface area contributed by atoms with E-state index in [0.717, 1.165) is 4.88 Å². The molecule has 7 nitrogen and oxygen atoms in total. The molecule has 3 aromatic heterocycles. The number of carbonyl (C=O) groups is 1. The monoisotopic (exact) mass is 428 g/mol. The van der Waals surface area contributed by atoms with Gasteiger partial charge < -0.3 is 9.84 Å². The Morgan fingerprint density at radius 1 is 1.31 bits per heavy atom. The van der Waals surface area contributed by atoms with Gasteiger partial charge in [0.15, 0.2) is 0 Å². The molecule has 4 rings (SSSR count). The van der Waals surface area contributed by atoms with Crippen LogP contribution in [0, 0.1) is 0 Å². The summed E-state index contributed by atoms with van der Waals surface area (Å²) in [5.41, 5.74) is 0.807. The molecule has 1 amide bonds. The third-order valence-electron chi connectivity index (χ3n) is 4.58. The highest BCUT2D eigenvalue weighted by molar-refractivity contribution is 7.09. The van der Waals surface area contributed by atoms with Crippen LogP contribution in [0.3, 0.4) is 0 Å². The van der Waals surface area contributed by atoms with Crippen LogP contribution in [0.5, 0.6) is 0 Å². The Balaban J connectivity index is 1.70. The fourth-order valence-electron chi connectivity index (χ4n) is 3.10. The molecule has 0 aliphatic rings. The van der Waals surface area contributed by atoms with Crippen molar-refractivity contribution < 1.29 is 9.32 Å². The van der Waals surface area contributed by atoms with Gasteiger partial charge in [-0.25, -0.2) is 4.98 Å². The molecule has 1 atom stereocenters. The van der Waals surface area contributed by atoms with E-state index in [1.165, 1.54) is 10.9 Å². The van der Waals surface area contributed by atoms with Crippen molar-refractivity contribution in [1.82, 2.24) is 20.0 Å². The molecule has 1 aromatic carbocycles. The lowest BCUT2D eigenvalue weighted by Gasteiger charge is -2.17. The summed E-state index contributed by atoms with van der Waals surface area (Å²) in [5, 5.41) is 9.65. The van der Waals surface area contributed by atoms with Crippen molar-refractivity contribution in [2.75, 3.05) is 0 Å². The molecule has 148 valence electrons. The van der Waals surface area contributed by atoms with Gasteiger partial charge in [-0.2, -0.15) is 0 Å². The van der Waals surface area contributed by atoms with Crippen molar-refractivity contribution in [3.63, 3.8) is 0 Å². The highest BCUT2D eigenvalue weighted by atomic mass is 35.5. The van der Waals surface area contributed by atoms with E-state index in [1.54, 1.807) is 35.6 Å². The zero-order valence-electron chi connectivity index (χ0n) is 15.5. The van der Waals surface area contributed by atoms with E-state index in [4.69, 9.17) is 16.1 Å². The molecule has 0 aliphatic heterocycles. The van der Waals surface area contributed by atoms with Crippen LogP contribution in [0.2, 0.25) is 5.02 Å². The van der Waals surface area contributed by atoms with Crippen molar-refractivity contribution in [3.8, 4) is 11.3 Å². The summed E-state index contributed by atoms with van der Waals surface area (Å²) in [6.45, 7) is 2.26. The maximum atomic E-state index is 13.2. The second-order valence-corrected chi connectivity index (χ2v) is 7.87. The number of nitrogens with one attached hydrogen (secondary N) is 1. The first kappa shape index (κ1) is 19.4.